The van der Waals surface area contributed by atoms with Crippen molar-refractivity contribution >= 4 is 23.6 Å². The number of hydrogen-bond donors (Lipinski definition) is 2. The average Bonchev–Trinajstić information content (AvgIpc) is 3.59. The summed E-state index contributed by atoms with van der Waals surface area (Å²) < 4.78 is 12.3. The highest BCUT2D eigenvalue weighted by Gasteiger charge is 2.41. The first-order valence-electron chi connectivity index (χ1n) is 16.3. The molecular weight excluding hydrogens is 508 g/mol. The molecular formula is C32H60N2O4S. The minimum atomic E-state index is -0.584. The van der Waals surface area contributed by atoms with E-state index < -0.39 is 11.2 Å². The molecule has 0 aromatic heterocycles. The SMILES string of the molecule is CCCCCCCCCCCCCCCCCCSC(CC1=NCC(CC)(CO)O1)C1=NCC(CC)(CO)O1. The molecule has 6 nitrogen and oxygen atoms in total. The molecule has 0 amide bonds. The minimum Gasteiger partial charge on any atom is -0.470 e. The second kappa shape index (κ2) is 20.1. The number of unbranched alkanes of at least 4 members (excludes halogenated alkanes) is 15. The summed E-state index contributed by atoms with van der Waals surface area (Å²) in [6, 6.07) is 0. The third kappa shape index (κ3) is 12.7. The Morgan fingerprint density at radius 1 is 0.667 bits per heavy atom. The molecule has 0 saturated carbocycles. The van der Waals surface area contributed by atoms with Gasteiger partial charge in [0.25, 0.3) is 0 Å². The lowest BCUT2D eigenvalue weighted by atomic mass is 10.0. The van der Waals surface area contributed by atoms with Crippen molar-refractivity contribution in [3.63, 3.8) is 0 Å². The van der Waals surface area contributed by atoms with Gasteiger partial charge in [-0.15, -0.1) is 11.8 Å². The molecule has 0 radical (unpaired) electrons. The van der Waals surface area contributed by atoms with Crippen molar-refractivity contribution in [2.24, 2.45) is 9.98 Å². The highest BCUT2D eigenvalue weighted by molar-refractivity contribution is 8.00. The first-order valence-corrected chi connectivity index (χ1v) is 17.4. The Hall–Kier alpha value is -0.790. The number of rotatable bonds is 25. The van der Waals surface area contributed by atoms with Gasteiger partial charge in [0.05, 0.1) is 31.6 Å². The summed E-state index contributed by atoms with van der Waals surface area (Å²) in [6.07, 6.45) is 24.1. The molecule has 3 atom stereocenters. The third-order valence-corrected chi connectivity index (χ3v) is 9.83. The smallest absolute Gasteiger partial charge is 0.198 e. The average molecular weight is 569 g/mol. The number of aliphatic hydroxyl groups excluding tert-OH is 2. The van der Waals surface area contributed by atoms with Crippen LogP contribution in [0.1, 0.15) is 143 Å². The quantitative estimate of drug-likeness (QED) is 0.109. The summed E-state index contributed by atoms with van der Waals surface area (Å²) in [5.41, 5.74) is -1.16. The Morgan fingerprint density at radius 2 is 1.13 bits per heavy atom. The van der Waals surface area contributed by atoms with Crippen LogP contribution in [-0.4, -0.2) is 70.5 Å². The summed E-state index contributed by atoms with van der Waals surface area (Å²) in [6.45, 7) is 7.33. The molecule has 2 rings (SSSR count). The van der Waals surface area contributed by atoms with Crippen molar-refractivity contribution in [1.82, 2.24) is 0 Å². The topological polar surface area (TPSA) is 83.6 Å². The second-order valence-electron chi connectivity index (χ2n) is 11.8. The van der Waals surface area contributed by atoms with Crippen molar-refractivity contribution in [2.45, 2.75) is 159 Å². The van der Waals surface area contributed by atoms with Crippen LogP contribution in [0.15, 0.2) is 9.98 Å². The zero-order valence-electron chi connectivity index (χ0n) is 25.6. The molecule has 2 aliphatic heterocycles. The highest BCUT2D eigenvalue weighted by atomic mass is 32.2. The van der Waals surface area contributed by atoms with Crippen LogP contribution in [0.25, 0.3) is 0 Å². The molecule has 39 heavy (non-hydrogen) atoms. The van der Waals surface area contributed by atoms with Crippen LogP contribution in [0.3, 0.4) is 0 Å². The molecule has 228 valence electrons. The zero-order valence-corrected chi connectivity index (χ0v) is 26.4. The fraction of sp³-hybridized carbons (Fsp3) is 0.938. The second-order valence-corrected chi connectivity index (χ2v) is 13.1. The van der Waals surface area contributed by atoms with Crippen LogP contribution in [-0.2, 0) is 9.47 Å². The molecule has 0 aliphatic carbocycles. The molecule has 7 heteroatoms. The van der Waals surface area contributed by atoms with Crippen molar-refractivity contribution in [1.29, 1.82) is 0 Å². The Morgan fingerprint density at radius 3 is 1.56 bits per heavy atom. The standard InChI is InChI=1S/C32H60N2O4S/c1-4-7-8-9-10-11-12-13-14-15-16-17-18-19-20-21-22-39-28(30-34-25-32(6-3,27-36)38-30)23-29-33-24-31(5-2,26-35)37-29/h28,35-36H,4-27H2,1-3H3. The van der Waals surface area contributed by atoms with Gasteiger partial charge in [0.15, 0.2) is 23.0 Å². The van der Waals surface area contributed by atoms with Gasteiger partial charge in [0.1, 0.15) is 0 Å². The maximum Gasteiger partial charge on any atom is 0.198 e. The third-order valence-electron chi connectivity index (χ3n) is 8.54. The van der Waals surface area contributed by atoms with E-state index in [0.717, 1.165) is 24.5 Å². The fourth-order valence-corrected chi connectivity index (χ4v) is 6.52. The van der Waals surface area contributed by atoms with E-state index in [2.05, 4.69) is 11.9 Å². The maximum atomic E-state index is 9.88. The Labute approximate surface area is 244 Å². The van der Waals surface area contributed by atoms with Crippen molar-refractivity contribution in [3.05, 3.63) is 0 Å². The van der Waals surface area contributed by atoms with E-state index in [9.17, 15) is 10.2 Å². The summed E-state index contributed by atoms with van der Waals surface area (Å²) >= 11 is 1.87. The van der Waals surface area contributed by atoms with Crippen LogP contribution >= 0.6 is 11.8 Å². The summed E-state index contributed by atoms with van der Waals surface area (Å²) in [4.78, 5) is 9.31. The molecule has 2 aliphatic rings. The normalized spacial score (nSPS) is 23.4. The molecule has 2 N–H and O–H groups in total. The Bertz CT molecular complexity index is 692. The van der Waals surface area contributed by atoms with Gasteiger partial charge < -0.3 is 19.7 Å². The van der Waals surface area contributed by atoms with Crippen molar-refractivity contribution in [2.75, 3.05) is 32.1 Å². The first-order chi connectivity index (χ1) is 19.1. The molecule has 0 spiro atoms. The van der Waals surface area contributed by atoms with E-state index >= 15 is 0 Å². The van der Waals surface area contributed by atoms with Crippen molar-refractivity contribution < 1.29 is 19.7 Å². The molecule has 3 unspecified atom stereocenters. The van der Waals surface area contributed by atoms with Crippen LogP contribution in [0.4, 0.5) is 0 Å². The molecule has 0 aromatic rings. The fourth-order valence-electron chi connectivity index (χ4n) is 5.34. The van der Waals surface area contributed by atoms with Crippen LogP contribution in [0.5, 0.6) is 0 Å². The first kappa shape index (κ1) is 34.4. The number of ether oxygens (including phenoxy) is 2. The lowest BCUT2D eigenvalue weighted by Gasteiger charge is -2.27. The van der Waals surface area contributed by atoms with Crippen molar-refractivity contribution in [3.8, 4) is 0 Å². The predicted octanol–water partition coefficient (Wildman–Crippen LogP) is 7.88. The van der Waals surface area contributed by atoms with Gasteiger partial charge in [-0.2, -0.15) is 0 Å². The molecule has 0 aromatic carbocycles. The maximum absolute atomic E-state index is 9.88. The van der Waals surface area contributed by atoms with E-state index in [0.29, 0.717) is 25.4 Å². The summed E-state index contributed by atoms with van der Waals surface area (Å²) in [5, 5.41) is 19.7. The van der Waals surface area contributed by atoms with E-state index in [1.54, 1.807) is 0 Å². The largest absolute Gasteiger partial charge is 0.470 e. The van der Waals surface area contributed by atoms with Gasteiger partial charge in [-0.25, -0.2) is 0 Å². The van der Waals surface area contributed by atoms with Crippen LogP contribution in [0, 0.1) is 0 Å². The van der Waals surface area contributed by atoms with Crippen LogP contribution in [0.2, 0.25) is 0 Å². The van der Waals surface area contributed by atoms with Gasteiger partial charge in [0, 0.05) is 6.42 Å². The molecule has 0 bridgehead atoms. The number of aliphatic imine (C=N–C) groups is 2. The van der Waals surface area contributed by atoms with E-state index in [1.165, 1.54) is 103 Å². The van der Waals surface area contributed by atoms with Gasteiger partial charge in [-0.05, 0) is 25.0 Å². The zero-order chi connectivity index (χ0) is 28.2. The van der Waals surface area contributed by atoms with E-state index in [-0.39, 0.29) is 18.5 Å². The Balaban J connectivity index is 1.58. The number of hydrogen-bond acceptors (Lipinski definition) is 7. The molecule has 0 fully saturated rings. The summed E-state index contributed by atoms with van der Waals surface area (Å²) in [5.74, 6) is 2.46. The monoisotopic (exact) mass is 568 g/mol. The number of thioether (sulfide) groups is 1. The lowest BCUT2D eigenvalue weighted by molar-refractivity contribution is 0.0156. The highest BCUT2D eigenvalue weighted by Crippen LogP contribution is 2.32. The summed E-state index contributed by atoms with van der Waals surface area (Å²) in [7, 11) is 0. The van der Waals surface area contributed by atoms with Gasteiger partial charge in [0.2, 0.25) is 0 Å². The predicted molar refractivity (Wildman–Crippen MR) is 167 cm³/mol. The van der Waals surface area contributed by atoms with E-state index in [1.807, 2.05) is 25.6 Å². The van der Waals surface area contributed by atoms with E-state index in [4.69, 9.17) is 14.5 Å². The van der Waals surface area contributed by atoms with Gasteiger partial charge >= 0.3 is 0 Å². The van der Waals surface area contributed by atoms with Crippen LogP contribution < -0.4 is 0 Å². The minimum absolute atomic E-state index is 0.0194. The molecule has 2 heterocycles. The van der Waals surface area contributed by atoms with Gasteiger partial charge in [-0.3, -0.25) is 9.98 Å². The lowest BCUT2D eigenvalue weighted by Crippen LogP contribution is -2.39. The molecule has 0 saturated heterocycles. The van der Waals surface area contributed by atoms with Gasteiger partial charge in [-0.1, -0.05) is 117 Å². The number of nitrogens with zero attached hydrogens (tertiary/aromatic N) is 2. The Kier molecular flexibility index (Phi) is 17.8. The number of aliphatic hydroxyl groups is 2.